The standard InChI is InChI=1S/C19H22N2O2S2/c22-18(20-8-6-14-4-2-1-3-5-14)19(23)21-11-17-10-16(13-25-17)15-7-9-24-12-15/h4,7,9-10,12-13H,1-3,5-6,8,11H2,(H,20,22)(H,21,23). The van der Waals surface area contributed by atoms with E-state index < -0.39 is 11.8 Å². The molecule has 0 saturated carbocycles. The summed E-state index contributed by atoms with van der Waals surface area (Å²) in [6, 6.07) is 4.13. The molecule has 0 spiro atoms. The molecular weight excluding hydrogens is 352 g/mol. The van der Waals surface area contributed by atoms with E-state index in [1.807, 2.05) is 5.38 Å². The van der Waals surface area contributed by atoms with E-state index in [4.69, 9.17) is 0 Å². The van der Waals surface area contributed by atoms with E-state index in [2.05, 4.69) is 39.6 Å². The molecule has 25 heavy (non-hydrogen) atoms. The van der Waals surface area contributed by atoms with Gasteiger partial charge in [0.15, 0.2) is 0 Å². The molecule has 0 saturated heterocycles. The van der Waals surface area contributed by atoms with Crippen molar-refractivity contribution >= 4 is 34.5 Å². The number of thiophene rings is 2. The van der Waals surface area contributed by atoms with Crippen LogP contribution < -0.4 is 10.6 Å². The van der Waals surface area contributed by atoms with Crippen LogP contribution in [0.5, 0.6) is 0 Å². The zero-order valence-electron chi connectivity index (χ0n) is 14.0. The summed E-state index contributed by atoms with van der Waals surface area (Å²) in [7, 11) is 0. The van der Waals surface area contributed by atoms with E-state index in [1.54, 1.807) is 22.7 Å². The van der Waals surface area contributed by atoms with Crippen molar-refractivity contribution in [3.05, 3.63) is 44.8 Å². The van der Waals surface area contributed by atoms with Gasteiger partial charge in [-0.2, -0.15) is 11.3 Å². The molecule has 2 amide bonds. The number of rotatable bonds is 6. The summed E-state index contributed by atoms with van der Waals surface area (Å²) in [5.41, 5.74) is 3.74. The Hall–Kier alpha value is -1.92. The first kappa shape index (κ1) is 17.9. The maximum atomic E-state index is 11.9. The van der Waals surface area contributed by atoms with Crippen molar-refractivity contribution in [3.8, 4) is 11.1 Å². The van der Waals surface area contributed by atoms with Crippen molar-refractivity contribution in [1.29, 1.82) is 0 Å². The third kappa shape index (κ3) is 5.28. The fraction of sp³-hybridized carbons (Fsp3) is 0.368. The summed E-state index contributed by atoms with van der Waals surface area (Å²) in [6.45, 7) is 0.908. The average molecular weight is 375 g/mol. The molecule has 2 heterocycles. The summed E-state index contributed by atoms with van der Waals surface area (Å²) >= 11 is 3.25. The molecule has 2 aromatic heterocycles. The molecule has 132 valence electrons. The molecule has 2 aromatic rings. The first-order chi connectivity index (χ1) is 12.2. The lowest BCUT2D eigenvalue weighted by Gasteiger charge is -2.12. The van der Waals surface area contributed by atoms with E-state index in [1.165, 1.54) is 24.0 Å². The van der Waals surface area contributed by atoms with E-state index >= 15 is 0 Å². The summed E-state index contributed by atoms with van der Waals surface area (Å²) in [4.78, 5) is 24.8. The van der Waals surface area contributed by atoms with Gasteiger partial charge >= 0.3 is 11.8 Å². The van der Waals surface area contributed by atoms with E-state index in [0.717, 1.165) is 29.7 Å². The fourth-order valence-corrected chi connectivity index (χ4v) is 4.35. The number of amides is 2. The van der Waals surface area contributed by atoms with E-state index in [9.17, 15) is 9.59 Å². The number of nitrogens with one attached hydrogen (secondary N) is 2. The first-order valence-electron chi connectivity index (χ1n) is 8.56. The lowest BCUT2D eigenvalue weighted by Crippen LogP contribution is -2.39. The highest BCUT2D eigenvalue weighted by atomic mass is 32.1. The number of carbonyl (C=O) groups excluding carboxylic acids is 2. The van der Waals surface area contributed by atoms with Crippen LogP contribution in [0.4, 0.5) is 0 Å². The van der Waals surface area contributed by atoms with Crippen LogP contribution in [-0.2, 0) is 16.1 Å². The summed E-state index contributed by atoms with van der Waals surface area (Å²) in [6.07, 6.45) is 7.85. The van der Waals surface area contributed by atoms with Crippen LogP contribution in [-0.4, -0.2) is 18.4 Å². The maximum absolute atomic E-state index is 11.9. The number of hydrogen-bond donors (Lipinski definition) is 2. The molecule has 0 unspecified atom stereocenters. The van der Waals surface area contributed by atoms with Crippen LogP contribution in [0, 0.1) is 0 Å². The second-order valence-electron chi connectivity index (χ2n) is 6.11. The molecule has 3 rings (SSSR count). The zero-order valence-corrected chi connectivity index (χ0v) is 15.7. The average Bonchev–Trinajstić information content (AvgIpc) is 3.32. The number of carbonyl (C=O) groups is 2. The zero-order chi connectivity index (χ0) is 17.5. The van der Waals surface area contributed by atoms with E-state index in [0.29, 0.717) is 13.1 Å². The lowest BCUT2D eigenvalue weighted by atomic mass is 9.97. The van der Waals surface area contributed by atoms with Gasteiger partial charge in [0.2, 0.25) is 0 Å². The number of allylic oxidation sites excluding steroid dienone is 1. The molecule has 1 aliphatic rings. The van der Waals surface area contributed by atoms with Crippen LogP contribution in [0.15, 0.2) is 39.9 Å². The third-order valence-corrected chi connectivity index (χ3v) is 5.87. The summed E-state index contributed by atoms with van der Waals surface area (Å²) in [5, 5.41) is 11.6. The first-order valence-corrected chi connectivity index (χ1v) is 10.4. The van der Waals surface area contributed by atoms with Gasteiger partial charge in [0.1, 0.15) is 0 Å². The van der Waals surface area contributed by atoms with Crippen LogP contribution in [0.1, 0.15) is 37.0 Å². The molecule has 0 bridgehead atoms. The molecule has 0 fully saturated rings. The van der Waals surface area contributed by atoms with Crippen LogP contribution in [0.2, 0.25) is 0 Å². The van der Waals surface area contributed by atoms with Crippen molar-refractivity contribution in [2.45, 2.75) is 38.6 Å². The molecule has 0 atom stereocenters. The molecule has 0 aliphatic heterocycles. The van der Waals surface area contributed by atoms with E-state index in [-0.39, 0.29) is 0 Å². The second-order valence-corrected chi connectivity index (χ2v) is 7.89. The van der Waals surface area contributed by atoms with Crippen molar-refractivity contribution < 1.29 is 9.59 Å². The minimum Gasteiger partial charge on any atom is -0.348 e. The SMILES string of the molecule is O=C(NCCC1=CCCCC1)C(=O)NCc1cc(-c2ccsc2)cs1. The van der Waals surface area contributed by atoms with Gasteiger partial charge in [-0.25, -0.2) is 0 Å². The Morgan fingerprint density at radius 2 is 1.96 bits per heavy atom. The Morgan fingerprint density at radius 1 is 1.08 bits per heavy atom. The minimum absolute atomic E-state index is 0.381. The maximum Gasteiger partial charge on any atom is 0.309 e. The van der Waals surface area contributed by atoms with Gasteiger partial charge in [-0.1, -0.05) is 11.6 Å². The Labute approximate surface area is 156 Å². The van der Waals surface area contributed by atoms with Crippen molar-refractivity contribution in [2.24, 2.45) is 0 Å². The molecule has 0 aromatic carbocycles. The predicted molar refractivity (Wildman–Crippen MR) is 104 cm³/mol. The highest BCUT2D eigenvalue weighted by Crippen LogP contribution is 2.27. The van der Waals surface area contributed by atoms with Crippen molar-refractivity contribution in [2.75, 3.05) is 6.54 Å². The lowest BCUT2D eigenvalue weighted by molar-refractivity contribution is -0.139. The Balaban J connectivity index is 1.39. The van der Waals surface area contributed by atoms with Crippen LogP contribution >= 0.6 is 22.7 Å². The highest BCUT2D eigenvalue weighted by molar-refractivity contribution is 7.10. The summed E-state index contributed by atoms with van der Waals surface area (Å²) < 4.78 is 0. The molecular formula is C19H22N2O2S2. The topological polar surface area (TPSA) is 58.2 Å². The van der Waals surface area contributed by atoms with Gasteiger partial charge in [0.25, 0.3) is 0 Å². The largest absolute Gasteiger partial charge is 0.348 e. The number of hydrogen-bond acceptors (Lipinski definition) is 4. The molecule has 2 N–H and O–H groups in total. The highest BCUT2D eigenvalue weighted by Gasteiger charge is 2.13. The van der Waals surface area contributed by atoms with Crippen molar-refractivity contribution in [3.63, 3.8) is 0 Å². The van der Waals surface area contributed by atoms with Gasteiger partial charge < -0.3 is 10.6 Å². The molecule has 4 nitrogen and oxygen atoms in total. The second kappa shape index (κ2) is 8.97. The normalized spacial score (nSPS) is 14.0. The minimum atomic E-state index is -0.567. The van der Waals surface area contributed by atoms with Gasteiger partial charge in [0.05, 0.1) is 6.54 Å². The Kier molecular flexibility index (Phi) is 6.42. The van der Waals surface area contributed by atoms with Gasteiger partial charge in [-0.3, -0.25) is 9.59 Å². The Bertz CT molecular complexity index is 747. The smallest absolute Gasteiger partial charge is 0.309 e. The third-order valence-electron chi connectivity index (χ3n) is 4.25. The molecule has 0 radical (unpaired) electrons. The van der Waals surface area contributed by atoms with Gasteiger partial charge in [-0.15, -0.1) is 11.3 Å². The monoisotopic (exact) mass is 374 g/mol. The van der Waals surface area contributed by atoms with Crippen molar-refractivity contribution in [1.82, 2.24) is 10.6 Å². The summed E-state index contributed by atoms with van der Waals surface area (Å²) in [5.74, 6) is -1.12. The van der Waals surface area contributed by atoms with Crippen LogP contribution in [0.25, 0.3) is 11.1 Å². The van der Waals surface area contributed by atoms with Gasteiger partial charge in [-0.05, 0) is 71.5 Å². The Morgan fingerprint density at radius 3 is 2.72 bits per heavy atom. The van der Waals surface area contributed by atoms with Gasteiger partial charge in [0, 0.05) is 11.4 Å². The molecule has 1 aliphatic carbocycles. The quantitative estimate of drug-likeness (QED) is 0.591. The molecule has 6 heteroatoms. The van der Waals surface area contributed by atoms with Crippen LogP contribution in [0.3, 0.4) is 0 Å². The fourth-order valence-electron chi connectivity index (χ4n) is 2.85. The predicted octanol–water partition coefficient (Wildman–Crippen LogP) is 4.10.